The van der Waals surface area contributed by atoms with E-state index >= 15 is 0 Å². The monoisotopic (exact) mass is 360 g/mol. The third-order valence-electron chi connectivity index (χ3n) is 3.31. The van der Waals surface area contributed by atoms with Crippen LogP contribution in [0.4, 0.5) is 5.69 Å². The first-order chi connectivity index (χ1) is 12.0. The van der Waals surface area contributed by atoms with Crippen molar-refractivity contribution in [3.63, 3.8) is 0 Å². The average molecular weight is 360 g/mol. The van der Waals surface area contributed by atoms with Gasteiger partial charge in [0, 0.05) is 18.2 Å². The molecule has 0 radical (unpaired) electrons. The van der Waals surface area contributed by atoms with Gasteiger partial charge in [0.15, 0.2) is 5.88 Å². The summed E-state index contributed by atoms with van der Waals surface area (Å²) in [6, 6.07) is 9.28. The van der Waals surface area contributed by atoms with Crippen molar-refractivity contribution < 1.29 is 22.4 Å². The molecule has 2 heterocycles. The molecule has 0 saturated heterocycles. The largest absolute Gasteiger partial charge is 0.478 e. The van der Waals surface area contributed by atoms with Crippen LogP contribution in [0.3, 0.4) is 0 Å². The van der Waals surface area contributed by atoms with Gasteiger partial charge in [-0.2, -0.15) is 0 Å². The maximum atomic E-state index is 12.2. The van der Waals surface area contributed by atoms with E-state index in [2.05, 4.69) is 10.0 Å². The molecule has 0 bridgehead atoms. The van der Waals surface area contributed by atoms with Crippen LogP contribution in [0.2, 0.25) is 0 Å². The van der Waals surface area contributed by atoms with E-state index < -0.39 is 10.0 Å². The Bertz CT molecular complexity index is 897. The van der Waals surface area contributed by atoms with E-state index in [1.54, 1.807) is 18.2 Å². The molecule has 8 heteroatoms. The number of amides is 1. The van der Waals surface area contributed by atoms with Gasteiger partial charge in [-0.1, -0.05) is 0 Å². The van der Waals surface area contributed by atoms with Crippen LogP contribution in [0, 0.1) is 0 Å². The van der Waals surface area contributed by atoms with Gasteiger partial charge in [0.25, 0.3) is 10.0 Å². The maximum absolute atomic E-state index is 12.2. The van der Waals surface area contributed by atoms with Crippen LogP contribution in [0.5, 0.6) is 0 Å². The Morgan fingerprint density at radius 2 is 1.96 bits per heavy atom. The lowest BCUT2D eigenvalue weighted by atomic mass is 10.3. The second kappa shape index (κ2) is 7.27. The van der Waals surface area contributed by atoms with Crippen LogP contribution in [0.25, 0.3) is 6.08 Å². The molecule has 0 spiro atoms. The Hall–Kier alpha value is -3.00. The second-order valence-electron chi connectivity index (χ2n) is 5.17. The summed E-state index contributed by atoms with van der Waals surface area (Å²) in [7, 11) is -3.71. The number of benzene rings is 1. The van der Waals surface area contributed by atoms with Crippen LogP contribution < -0.4 is 10.0 Å². The zero-order valence-electron chi connectivity index (χ0n) is 13.1. The molecule has 2 aromatic rings. The van der Waals surface area contributed by atoms with Gasteiger partial charge in [-0.05, 0) is 48.6 Å². The summed E-state index contributed by atoms with van der Waals surface area (Å²) >= 11 is 0. The van der Waals surface area contributed by atoms with Crippen molar-refractivity contribution >= 4 is 27.7 Å². The fraction of sp³-hybridized carbons (Fsp3) is 0.118. The molecule has 7 nitrogen and oxygen atoms in total. The summed E-state index contributed by atoms with van der Waals surface area (Å²) in [5.74, 6) is 0.446. The first-order valence-electron chi connectivity index (χ1n) is 7.51. The molecule has 1 aromatic heterocycles. The third kappa shape index (κ3) is 4.51. The molecule has 3 rings (SSSR count). The summed E-state index contributed by atoms with van der Waals surface area (Å²) in [5.41, 5.74) is 0.476. The number of furan rings is 1. The SMILES string of the molecule is O=C(/C=C/c1ccco1)Nc1ccc(S(=O)(=O)NC2=CCCO2)cc1. The molecule has 2 N–H and O–H groups in total. The fourth-order valence-electron chi connectivity index (χ4n) is 2.13. The fourth-order valence-corrected chi connectivity index (χ4v) is 3.14. The zero-order valence-corrected chi connectivity index (χ0v) is 14.0. The van der Waals surface area contributed by atoms with Crippen molar-refractivity contribution in [3.8, 4) is 0 Å². The first kappa shape index (κ1) is 16.8. The quantitative estimate of drug-likeness (QED) is 0.771. The van der Waals surface area contributed by atoms with Gasteiger partial charge in [0.05, 0.1) is 17.8 Å². The van der Waals surface area contributed by atoms with E-state index in [-0.39, 0.29) is 16.7 Å². The van der Waals surface area contributed by atoms with Crippen LogP contribution in [0.15, 0.2) is 70.0 Å². The van der Waals surface area contributed by atoms with E-state index in [4.69, 9.17) is 9.15 Å². The highest BCUT2D eigenvalue weighted by Gasteiger charge is 2.18. The molecule has 0 unspecified atom stereocenters. The normalized spacial score (nSPS) is 14.2. The van der Waals surface area contributed by atoms with Gasteiger partial charge in [0.2, 0.25) is 5.91 Å². The number of anilines is 1. The van der Waals surface area contributed by atoms with Gasteiger partial charge < -0.3 is 14.5 Å². The minimum absolute atomic E-state index is 0.0769. The predicted octanol–water partition coefficient (Wildman–Crippen LogP) is 2.47. The maximum Gasteiger partial charge on any atom is 0.264 e. The highest BCUT2D eigenvalue weighted by Crippen LogP contribution is 2.16. The van der Waals surface area contributed by atoms with Crippen molar-refractivity contribution in [2.24, 2.45) is 0 Å². The molecule has 0 saturated carbocycles. The average Bonchev–Trinajstić information content (AvgIpc) is 3.27. The molecular formula is C17H16N2O5S. The smallest absolute Gasteiger partial charge is 0.264 e. The number of hydrogen-bond acceptors (Lipinski definition) is 5. The van der Waals surface area contributed by atoms with Crippen molar-refractivity contribution in [3.05, 3.63) is 66.5 Å². The molecule has 0 atom stereocenters. The van der Waals surface area contributed by atoms with Gasteiger partial charge in [-0.25, -0.2) is 13.1 Å². The standard InChI is InChI=1S/C17H16N2O5S/c20-16(10-7-14-3-1-11-23-14)18-13-5-8-15(9-6-13)25(21,22)19-17-4-2-12-24-17/h1,3-11,19H,2,12H2,(H,18,20)/b10-7+. The molecule has 0 aliphatic carbocycles. The highest BCUT2D eigenvalue weighted by molar-refractivity contribution is 7.89. The van der Waals surface area contributed by atoms with E-state index in [1.165, 1.54) is 42.7 Å². The Morgan fingerprint density at radius 3 is 2.60 bits per heavy atom. The molecule has 130 valence electrons. The second-order valence-corrected chi connectivity index (χ2v) is 6.86. The summed E-state index contributed by atoms with van der Waals surface area (Å²) in [4.78, 5) is 11.9. The van der Waals surface area contributed by atoms with Gasteiger partial charge >= 0.3 is 0 Å². The van der Waals surface area contributed by atoms with Crippen LogP contribution in [0.1, 0.15) is 12.2 Å². The van der Waals surface area contributed by atoms with E-state index in [1.807, 2.05) is 0 Å². The Balaban J connectivity index is 1.62. The number of nitrogens with one attached hydrogen (secondary N) is 2. The van der Waals surface area contributed by atoms with Crippen molar-refractivity contribution in [1.29, 1.82) is 0 Å². The van der Waals surface area contributed by atoms with Crippen molar-refractivity contribution in [2.75, 3.05) is 11.9 Å². The van der Waals surface area contributed by atoms with Gasteiger partial charge in [-0.3, -0.25) is 4.79 Å². The molecule has 0 fully saturated rings. The minimum atomic E-state index is -3.71. The zero-order chi connectivity index (χ0) is 17.7. The molecule has 25 heavy (non-hydrogen) atoms. The first-order valence-corrected chi connectivity index (χ1v) is 9.00. The lowest BCUT2D eigenvalue weighted by Gasteiger charge is -2.09. The summed E-state index contributed by atoms with van der Waals surface area (Å²) < 4.78 is 37.0. The lowest BCUT2D eigenvalue weighted by molar-refractivity contribution is -0.111. The number of ether oxygens (including phenoxy) is 1. The Morgan fingerprint density at radius 1 is 1.16 bits per heavy atom. The molecule has 1 amide bonds. The van der Waals surface area contributed by atoms with Crippen LogP contribution >= 0.6 is 0 Å². The van der Waals surface area contributed by atoms with E-state index in [9.17, 15) is 13.2 Å². The van der Waals surface area contributed by atoms with Crippen molar-refractivity contribution in [1.82, 2.24) is 4.72 Å². The van der Waals surface area contributed by atoms with Crippen LogP contribution in [-0.4, -0.2) is 20.9 Å². The molecule has 1 aliphatic heterocycles. The molecular weight excluding hydrogens is 344 g/mol. The van der Waals surface area contributed by atoms with Gasteiger partial charge in [0.1, 0.15) is 5.76 Å². The Kier molecular flexibility index (Phi) is 4.90. The number of sulfonamides is 1. The number of hydrogen-bond donors (Lipinski definition) is 2. The van der Waals surface area contributed by atoms with Crippen molar-refractivity contribution in [2.45, 2.75) is 11.3 Å². The summed E-state index contributed by atoms with van der Waals surface area (Å²) in [6.45, 7) is 0.467. The number of carbonyl (C=O) groups excluding carboxylic acids is 1. The van der Waals surface area contributed by atoms with Crippen LogP contribution in [-0.2, 0) is 19.6 Å². The predicted molar refractivity (Wildman–Crippen MR) is 91.8 cm³/mol. The molecule has 1 aliphatic rings. The lowest BCUT2D eigenvalue weighted by Crippen LogP contribution is -2.23. The topological polar surface area (TPSA) is 97.6 Å². The highest BCUT2D eigenvalue weighted by atomic mass is 32.2. The molecule has 1 aromatic carbocycles. The number of carbonyl (C=O) groups is 1. The minimum Gasteiger partial charge on any atom is -0.478 e. The number of rotatable bonds is 6. The van der Waals surface area contributed by atoms with E-state index in [0.717, 1.165) is 0 Å². The third-order valence-corrected chi connectivity index (χ3v) is 4.68. The van der Waals surface area contributed by atoms with E-state index in [0.29, 0.717) is 24.5 Å². The summed E-state index contributed by atoms with van der Waals surface area (Å²) in [5, 5.41) is 2.64. The van der Waals surface area contributed by atoms with Gasteiger partial charge in [-0.15, -0.1) is 0 Å². The Labute approximate surface area is 145 Å². The summed E-state index contributed by atoms with van der Waals surface area (Å²) in [6.07, 6.45) is 6.73.